The van der Waals surface area contributed by atoms with E-state index in [-0.39, 0.29) is 18.0 Å². The highest BCUT2D eigenvalue weighted by atomic mass is 16.5. The normalized spacial score (nSPS) is 23.5. The van der Waals surface area contributed by atoms with E-state index in [9.17, 15) is 9.59 Å². The fourth-order valence-electron chi connectivity index (χ4n) is 3.08. The summed E-state index contributed by atoms with van der Waals surface area (Å²) in [6.07, 6.45) is 4.38. The molecule has 1 atom stereocenters. The van der Waals surface area contributed by atoms with Crippen molar-refractivity contribution in [2.45, 2.75) is 45.6 Å². The number of quaternary nitrogens is 1. The molecule has 0 aromatic rings. The lowest BCUT2D eigenvalue weighted by atomic mass is 9.99. The van der Waals surface area contributed by atoms with Crippen molar-refractivity contribution in [3.63, 3.8) is 0 Å². The molecule has 3 N–H and O–H groups in total. The van der Waals surface area contributed by atoms with Gasteiger partial charge in [-0.1, -0.05) is 6.92 Å². The lowest BCUT2D eigenvalue weighted by molar-refractivity contribution is -0.900. The molecule has 0 aliphatic carbocycles. The van der Waals surface area contributed by atoms with Crippen LogP contribution in [0, 0.1) is 0 Å². The summed E-state index contributed by atoms with van der Waals surface area (Å²) in [6.45, 7) is 6.98. The second-order valence-corrected chi connectivity index (χ2v) is 5.66. The van der Waals surface area contributed by atoms with E-state index in [0.29, 0.717) is 25.1 Å². The van der Waals surface area contributed by atoms with Crippen molar-refractivity contribution < 1.29 is 19.2 Å². The van der Waals surface area contributed by atoms with Gasteiger partial charge >= 0.3 is 12.0 Å². The summed E-state index contributed by atoms with van der Waals surface area (Å²) in [6, 6.07) is -0.474. The number of hydrogen-bond donors (Lipinski definition) is 3. The molecule has 118 valence electrons. The zero-order chi connectivity index (χ0) is 15.2. The van der Waals surface area contributed by atoms with Gasteiger partial charge in [-0.25, -0.2) is 9.59 Å². The summed E-state index contributed by atoms with van der Waals surface area (Å²) in [5, 5.41) is 5.63. The number of amides is 2. The van der Waals surface area contributed by atoms with E-state index in [2.05, 4.69) is 10.6 Å². The minimum Gasteiger partial charge on any atom is -0.463 e. The average molecular weight is 296 g/mol. The van der Waals surface area contributed by atoms with Crippen molar-refractivity contribution in [1.29, 1.82) is 0 Å². The van der Waals surface area contributed by atoms with Crippen LogP contribution in [0.15, 0.2) is 11.3 Å². The van der Waals surface area contributed by atoms with Gasteiger partial charge in [-0.05, 0) is 32.6 Å². The van der Waals surface area contributed by atoms with Crippen LogP contribution in [0.5, 0.6) is 0 Å². The quantitative estimate of drug-likeness (QED) is 0.624. The smallest absolute Gasteiger partial charge is 0.338 e. The molecule has 0 aromatic carbocycles. The van der Waals surface area contributed by atoms with Crippen LogP contribution >= 0.6 is 0 Å². The van der Waals surface area contributed by atoms with E-state index in [0.717, 1.165) is 18.8 Å². The average Bonchev–Trinajstić information content (AvgIpc) is 2.47. The van der Waals surface area contributed by atoms with E-state index in [1.807, 2.05) is 6.92 Å². The first kappa shape index (κ1) is 15.8. The summed E-state index contributed by atoms with van der Waals surface area (Å²) in [5.74, 6) is -0.316. The SMILES string of the molecule is CCOC(=O)C1=C(C[NH+]2CCCCC2)NC(=O)N[C@@H]1CC. The topological polar surface area (TPSA) is 71.9 Å². The Hall–Kier alpha value is -1.56. The van der Waals surface area contributed by atoms with Crippen molar-refractivity contribution in [1.82, 2.24) is 10.6 Å². The van der Waals surface area contributed by atoms with Gasteiger partial charge in [0.2, 0.25) is 0 Å². The number of rotatable bonds is 5. The maximum atomic E-state index is 12.2. The fourth-order valence-corrected chi connectivity index (χ4v) is 3.08. The second-order valence-electron chi connectivity index (χ2n) is 5.66. The second kappa shape index (κ2) is 7.45. The molecule has 1 saturated heterocycles. The number of nitrogens with one attached hydrogen (secondary N) is 3. The Kier molecular flexibility index (Phi) is 5.61. The maximum Gasteiger partial charge on any atom is 0.338 e. The summed E-state index contributed by atoms with van der Waals surface area (Å²) >= 11 is 0. The van der Waals surface area contributed by atoms with Crippen LogP contribution in [0.25, 0.3) is 0 Å². The van der Waals surface area contributed by atoms with Gasteiger partial charge < -0.3 is 20.3 Å². The van der Waals surface area contributed by atoms with Crippen LogP contribution < -0.4 is 15.5 Å². The van der Waals surface area contributed by atoms with Crippen molar-refractivity contribution in [3.8, 4) is 0 Å². The van der Waals surface area contributed by atoms with Gasteiger partial charge in [0.25, 0.3) is 0 Å². The van der Waals surface area contributed by atoms with E-state index in [1.54, 1.807) is 6.92 Å². The minimum absolute atomic E-state index is 0.221. The molecule has 0 bridgehead atoms. The molecule has 6 nitrogen and oxygen atoms in total. The number of piperidine rings is 1. The molecule has 2 aliphatic heterocycles. The first-order chi connectivity index (χ1) is 10.2. The monoisotopic (exact) mass is 296 g/mol. The Morgan fingerprint density at radius 3 is 2.62 bits per heavy atom. The van der Waals surface area contributed by atoms with Gasteiger partial charge in [-0.15, -0.1) is 0 Å². The third kappa shape index (κ3) is 3.97. The number of carbonyl (C=O) groups is 2. The standard InChI is InChI=1S/C15H25N3O3/c1-3-11-13(14(19)21-4-2)12(17-15(20)16-11)10-18-8-6-5-7-9-18/h11H,3-10H2,1-2H3,(H2,16,17,20)/p+1/t11-/m1/s1. The highest BCUT2D eigenvalue weighted by Crippen LogP contribution is 2.16. The third-order valence-electron chi connectivity index (χ3n) is 4.13. The Morgan fingerprint density at radius 2 is 2.00 bits per heavy atom. The van der Waals surface area contributed by atoms with Gasteiger partial charge in [0.05, 0.1) is 37.0 Å². The Morgan fingerprint density at radius 1 is 1.29 bits per heavy atom. The van der Waals surface area contributed by atoms with Gasteiger partial charge in [0.1, 0.15) is 6.54 Å². The van der Waals surface area contributed by atoms with Crippen molar-refractivity contribution in [2.24, 2.45) is 0 Å². The molecule has 2 heterocycles. The van der Waals surface area contributed by atoms with E-state index >= 15 is 0 Å². The van der Waals surface area contributed by atoms with Crippen LogP contribution in [0.3, 0.4) is 0 Å². The molecular formula is C15H26N3O3+. The molecule has 6 heteroatoms. The minimum atomic E-state index is -0.316. The lowest BCUT2D eigenvalue weighted by Crippen LogP contribution is -3.13. The van der Waals surface area contributed by atoms with E-state index in [4.69, 9.17) is 4.74 Å². The van der Waals surface area contributed by atoms with Crippen LogP contribution in [0.1, 0.15) is 39.5 Å². The molecule has 0 spiro atoms. The largest absolute Gasteiger partial charge is 0.463 e. The number of hydrogen-bond acceptors (Lipinski definition) is 3. The number of ether oxygens (including phenoxy) is 1. The van der Waals surface area contributed by atoms with Gasteiger partial charge in [-0.3, -0.25) is 0 Å². The van der Waals surface area contributed by atoms with Crippen LogP contribution in [-0.2, 0) is 9.53 Å². The molecule has 2 rings (SSSR count). The summed E-state index contributed by atoms with van der Waals surface area (Å²) in [7, 11) is 0. The Labute approximate surface area is 125 Å². The van der Waals surface area contributed by atoms with Crippen LogP contribution in [0.4, 0.5) is 4.79 Å². The zero-order valence-corrected chi connectivity index (χ0v) is 13.0. The number of esters is 1. The van der Waals surface area contributed by atoms with E-state index in [1.165, 1.54) is 24.2 Å². The highest BCUT2D eigenvalue weighted by molar-refractivity contribution is 5.94. The number of urea groups is 1. The fraction of sp³-hybridized carbons (Fsp3) is 0.733. The molecule has 0 aromatic heterocycles. The Balaban J connectivity index is 2.22. The molecule has 0 radical (unpaired) electrons. The molecule has 21 heavy (non-hydrogen) atoms. The Bertz CT molecular complexity index is 428. The van der Waals surface area contributed by atoms with Gasteiger partial charge in [0.15, 0.2) is 0 Å². The van der Waals surface area contributed by atoms with Crippen molar-refractivity contribution >= 4 is 12.0 Å². The van der Waals surface area contributed by atoms with Crippen LogP contribution in [-0.4, -0.2) is 44.3 Å². The summed E-state index contributed by atoms with van der Waals surface area (Å²) in [5.41, 5.74) is 1.33. The third-order valence-corrected chi connectivity index (χ3v) is 4.13. The van der Waals surface area contributed by atoms with Crippen molar-refractivity contribution in [3.05, 3.63) is 11.3 Å². The van der Waals surface area contributed by atoms with Crippen LogP contribution in [0.2, 0.25) is 0 Å². The molecule has 2 amide bonds. The number of carbonyl (C=O) groups excluding carboxylic acids is 2. The van der Waals surface area contributed by atoms with Gasteiger partial charge in [-0.2, -0.15) is 0 Å². The molecular weight excluding hydrogens is 270 g/mol. The predicted octanol–water partition coefficient (Wildman–Crippen LogP) is -0.0362. The summed E-state index contributed by atoms with van der Waals surface area (Å²) < 4.78 is 5.17. The first-order valence-electron chi connectivity index (χ1n) is 7.97. The molecule has 2 aliphatic rings. The molecule has 1 fully saturated rings. The van der Waals surface area contributed by atoms with E-state index < -0.39 is 0 Å². The number of likely N-dealkylation sites (tertiary alicyclic amines) is 1. The molecule has 0 unspecified atom stereocenters. The van der Waals surface area contributed by atoms with Gasteiger partial charge in [0, 0.05) is 0 Å². The highest BCUT2D eigenvalue weighted by Gasteiger charge is 2.33. The lowest BCUT2D eigenvalue weighted by Gasteiger charge is -2.31. The first-order valence-corrected chi connectivity index (χ1v) is 7.97. The summed E-state index contributed by atoms with van der Waals surface area (Å²) in [4.78, 5) is 25.5. The molecule has 0 saturated carbocycles. The predicted molar refractivity (Wildman–Crippen MR) is 78.8 cm³/mol. The van der Waals surface area contributed by atoms with Crippen molar-refractivity contribution in [2.75, 3.05) is 26.2 Å². The zero-order valence-electron chi connectivity index (χ0n) is 13.0. The maximum absolute atomic E-state index is 12.2.